The van der Waals surface area contributed by atoms with Crippen LogP contribution in [0, 0.1) is 6.92 Å². The summed E-state index contributed by atoms with van der Waals surface area (Å²) in [5, 5.41) is 0. The normalized spacial score (nSPS) is 12.7. The molecule has 0 saturated heterocycles. The van der Waals surface area contributed by atoms with Gasteiger partial charge in [0.25, 0.3) is 0 Å². The van der Waals surface area contributed by atoms with Crippen molar-refractivity contribution in [3.8, 4) is 5.75 Å². The van der Waals surface area contributed by atoms with Crippen LogP contribution in [0.15, 0.2) is 6.07 Å². The van der Waals surface area contributed by atoms with Crippen LogP contribution >= 0.6 is 0 Å². The summed E-state index contributed by atoms with van der Waals surface area (Å²) in [4.78, 5) is 3.07. The third-order valence-corrected chi connectivity index (χ3v) is 1.94. The van der Waals surface area contributed by atoms with Crippen molar-refractivity contribution in [2.75, 3.05) is 0 Å². The first kappa shape index (κ1) is 14.6. The van der Waals surface area contributed by atoms with Gasteiger partial charge in [0.05, 0.1) is 5.69 Å². The molecule has 3 nitrogen and oxygen atoms in total. The topological polar surface area (TPSA) is 48.1 Å². The summed E-state index contributed by atoms with van der Waals surface area (Å²) in [6.45, 7) is 0.383. The van der Waals surface area contributed by atoms with E-state index in [0.717, 1.165) is 6.92 Å². The molecule has 18 heavy (non-hydrogen) atoms. The van der Waals surface area contributed by atoms with Gasteiger partial charge in [-0.05, 0) is 18.6 Å². The first-order valence-corrected chi connectivity index (χ1v) is 4.58. The Kier molecular flexibility index (Phi) is 3.75. The van der Waals surface area contributed by atoms with Crippen LogP contribution in [0.4, 0.5) is 26.3 Å². The molecule has 0 aromatic carbocycles. The first-order valence-electron chi connectivity index (χ1n) is 4.58. The molecule has 0 aliphatic heterocycles. The maximum Gasteiger partial charge on any atom is 0.573 e. The highest BCUT2D eigenvalue weighted by Crippen LogP contribution is 2.34. The number of pyridine rings is 1. The van der Waals surface area contributed by atoms with Gasteiger partial charge in [-0.15, -0.1) is 13.2 Å². The van der Waals surface area contributed by atoms with Gasteiger partial charge in [0, 0.05) is 6.54 Å². The van der Waals surface area contributed by atoms with Gasteiger partial charge < -0.3 is 10.5 Å². The minimum absolute atomic E-state index is 0.473. The van der Waals surface area contributed by atoms with Crippen LogP contribution in [0.3, 0.4) is 0 Å². The van der Waals surface area contributed by atoms with Gasteiger partial charge >= 0.3 is 12.5 Å². The second kappa shape index (κ2) is 4.63. The molecule has 9 heteroatoms. The lowest BCUT2D eigenvalue weighted by molar-refractivity contribution is -0.275. The molecule has 0 unspecified atom stereocenters. The van der Waals surface area contributed by atoms with Gasteiger partial charge in [-0.2, -0.15) is 13.2 Å². The van der Waals surface area contributed by atoms with Crippen LogP contribution in [0.5, 0.6) is 5.75 Å². The van der Waals surface area contributed by atoms with Crippen LogP contribution in [0.25, 0.3) is 0 Å². The number of aryl methyl sites for hydroxylation is 1. The van der Waals surface area contributed by atoms with E-state index in [1.807, 2.05) is 0 Å². The van der Waals surface area contributed by atoms with Crippen LogP contribution in [0.1, 0.15) is 17.0 Å². The number of aromatic nitrogens is 1. The summed E-state index contributed by atoms with van der Waals surface area (Å²) in [6, 6.07) is 0.617. The standard InChI is InChI=1S/C9H8F6N2O/c1-4-2-6(18-9(13,14)15)5(3-16)17-7(4)8(10,11)12/h2H,3,16H2,1H3. The summed E-state index contributed by atoms with van der Waals surface area (Å²) in [5.41, 5.74) is 2.69. The van der Waals surface area contributed by atoms with Crippen molar-refractivity contribution in [3.63, 3.8) is 0 Å². The second-order valence-corrected chi connectivity index (χ2v) is 3.35. The lowest BCUT2D eigenvalue weighted by Crippen LogP contribution is -2.21. The van der Waals surface area contributed by atoms with E-state index in [9.17, 15) is 26.3 Å². The Morgan fingerprint density at radius 3 is 2.17 bits per heavy atom. The van der Waals surface area contributed by atoms with Crippen LogP contribution < -0.4 is 10.5 Å². The molecule has 0 radical (unpaired) electrons. The average Bonchev–Trinajstić information content (AvgIpc) is 2.13. The highest BCUT2D eigenvalue weighted by atomic mass is 19.4. The Morgan fingerprint density at radius 2 is 1.78 bits per heavy atom. The summed E-state index contributed by atoms with van der Waals surface area (Å²) in [5.74, 6) is -0.824. The molecule has 0 aliphatic carbocycles. The van der Waals surface area contributed by atoms with E-state index in [1.54, 1.807) is 0 Å². The molecule has 0 bridgehead atoms. The fraction of sp³-hybridized carbons (Fsp3) is 0.444. The molecule has 0 fully saturated rings. The second-order valence-electron chi connectivity index (χ2n) is 3.35. The van der Waals surface area contributed by atoms with Crippen molar-refractivity contribution in [2.24, 2.45) is 5.73 Å². The lowest BCUT2D eigenvalue weighted by atomic mass is 10.1. The van der Waals surface area contributed by atoms with E-state index in [2.05, 4.69) is 9.72 Å². The van der Waals surface area contributed by atoms with E-state index in [4.69, 9.17) is 5.73 Å². The zero-order valence-electron chi connectivity index (χ0n) is 8.99. The van der Waals surface area contributed by atoms with Crippen molar-refractivity contribution in [3.05, 3.63) is 23.0 Å². The number of hydrogen-bond acceptors (Lipinski definition) is 3. The molecule has 2 N–H and O–H groups in total. The Labute approximate surface area is 97.6 Å². The van der Waals surface area contributed by atoms with Crippen molar-refractivity contribution in [1.29, 1.82) is 0 Å². The van der Waals surface area contributed by atoms with Gasteiger partial charge in [-0.1, -0.05) is 0 Å². The molecule has 0 spiro atoms. The van der Waals surface area contributed by atoms with Gasteiger partial charge in [-0.25, -0.2) is 4.98 Å². The number of alkyl halides is 6. The van der Waals surface area contributed by atoms with E-state index in [0.29, 0.717) is 6.07 Å². The van der Waals surface area contributed by atoms with Crippen molar-refractivity contribution < 1.29 is 31.1 Å². The van der Waals surface area contributed by atoms with Gasteiger partial charge in [0.15, 0.2) is 5.75 Å². The SMILES string of the molecule is Cc1cc(OC(F)(F)F)c(CN)nc1C(F)(F)F. The average molecular weight is 274 g/mol. The quantitative estimate of drug-likeness (QED) is 0.843. The maximum absolute atomic E-state index is 12.5. The molecule has 0 saturated carbocycles. The Bertz CT molecular complexity index is 440. The summed E-state index contributed by atoms with van der Waals surface area (Å²) < 4.78 is 77.0. The van der Waals surface area contributed by atoms with Gasteiger partial charge in [0.2, 0.25) is 0 Å². The Morgan fingerprint density at radius 1 is 1.22 bits per heavy atom. The number of rotatable bonds is 2. The molecular formula is C9H8F6N2O. The molecule has 1 aromatic heterocycles. The van der Waals surface area contributed by atoms with Crippen LogP contribution in [0.2, 0.25) is 0 Å². The fourth-order valence-corrected chi connectivity index (χ4v) is 1.27. The highest BCUT2D eigenvalue weighted by molar-refractivity contribution is 5.36. The number of ether oxygens (including phenoxy) is 1. The minimum Gasteiger partial charge on any atom is -0.404 e. The molecule has 1 heterocycles. The zero-order valence-corrected chi connectivity index (χ0v) is 8.99. The predicted octanol–water partition coefficient (Wildman–Crippen LogP) is 2.77. The molecule has 0 amide bonds. The molecule has 1 rings (SSSR count). The molecular weight excluding hydrogens is 266 g/mol. The van der Waals surface area contributed by atoms with Crippen molar-refractivity contribution in [1.82, 2.24) is 4.98 Å². The number of halogens is 6. The van der Waals surface area contributed by atoms with Crippen LogP contribution in [-0.2, 0) is 12.7 Å². The number of nitrogens with zero attached hydrogens (tertiary/aromatic N) is 1. The van der Waals surface area contributed by atoms with E-state index in [1.165, 1.54) is 0 Å². The van der Waals surface area contributed by atoms with Crippen molar-refractivity contribution >= 4 is 0 Å². The molecule has 1 aromatic rings. The third kappa shape index (κ3) is 3.49. The largest absolute Gasteiger partial charge is 0.573 e. The summed E-state index contributed by atoms with van der Waals surface area (Å²) in [6.07, 6.45) is -9.78. The fourth-order valence-electron chi connectivity index (χ4n) is 1.27. The number of hydrogen-bond donors (Lipinski definition) is 1. The minimum atomic E-state index is -5.02. The monoisotopic (exact) mass is 274 g/mol. The van der Waals surface area contributed by atoms with E-state index in [-0.39, 0.29) is 0 Å². The third-order valence-electron chi connectivity index (χ3n) is 1.94. The Hall–Kier alpha value is -1.51. The molecule has 102 valence electrons. The van der Waals surface area contributed by atoms with Crippen molar-refractivity contribution in [2.45, 2.75) is 26.0 Å². The van der Waals surface area contributed by atoms with Crippen LogP contribution in [-0.4, -0.2) is 11.3 Å². The number of nitrogens with two attached hydrogens (primary N) is 1. The highest BCUT2D eigenvalue weighted by Gasteiger charge is 2.37. The smallest absolute Gasteiger partial charge is 0.404 e. The zero-order chi connectivity index (χ0) is 14.1. The van der Waals surface area contributed by atoms with E-state index >= 15 is 0 Å². The molecule has 0 aliphatic rings. The Balaban J connectivity index is 3.28. The summed E-state index contributed by atoms with van der Waals surface area (Å²) >= 11 is 0. The van der Waals surface area contributed by atoms with E-state index < -0.39 is 41.8 Å². The van der Waals surface area contributed by atoms with Gasteiger partial charge in [-0.3, -0.25) is 0 Å². The summed E-state index contributed by atoms with van der Waals surface area (Å²) in [7, 11) is 0. The maximum atomic E-state index is 12.5. The first-order chi connectivity index (χ1) is 8.04. The predicted molar refractivity (Wildman–Crippen MR) is 48.6 cm³/mol. The lowest BCUT2D eigenvalue weighted by Gasteiger charge is -2.16. The molecule has 0 atom stereocenters. The van der Waals surface area contributed by atoms with Gasteiger partial charge in [0.1, 0.15) is 5.69 Å².